The van der Waals surface area contributed by atoms with Crippen LogP contribution >= 0.6 is 0 Å². The van der Waals surface area contributed by atoms with Crippen molar-refractivity contribution >= 4 is 29.6 Å². The summed E-state index contributed by atoms with van der Waals surface area (Å²) < 4.78 is 0. The third-order valence-corrected chi connectivity index (χ3v) is 6.15. The summed E-state index contributed by atoms with van der Waals surface area (Å²) in [6.07, 6.45) is 5.57. The molecule has 3 rings (SSSR count). The summed E-state index contributed by atoms with van der Waals surface area (Å²) >= 11 is 0. The van der Waals surface area contributed by atoms with Crippen LogP contribution in [0.1, 0.15) is 29.8 Å². The SMILES string of the molecule is NC(=O)CCC(NC(=O)C(Cc1ccccc1)NC(=O)C(Cc1cnc[nH]1)NC(=O)C(N)Cc1cnc[nH]1)C(=O)O. The second-order valence-electron chi connectivity index (χ2n) is 9.38. The highest BCUT2D eigenvalue weighted by Gasteiger charge is 2.31. The number of carbonyl (C=O) groups is 5. The molecule has 15 nitrogen and oxygen atoms in total. The lowest BCUT2D eigenvalue weighted by atomic mass is 10.0. The van der Waals surface area contributed by atoms with Crippen molar-refractivity contribution in [3.63, 3.8) is 0 Å². The third-order valence-electron chi connectivity index (χ3n) is 6.15. The van der Waals surface area contributed by atoms with E-state index < -0.39 is 53.8 Å². The van der Waals surface area contributed by atoms with Crippen LogP contribution in [0.3, 0.4) is 0 Å². The van der Waals surface area contributed by atoms with Gasteiger partial charge in [-0.1, -0.05) is 30.3 Å². The van der Waals surface area contributed by atoms with Gasteiger partial charge in [-0.3, -0.25) is 19.2 Å². The first-order chi connectivity index (χ1) is 19.6. The van der Waals surface area contributed by atoms with Crippen LogP contribution in [0.25, 0.3) is 0 Å². The summed E-state index contributed by atoms with van der Waals surface area (Å²) in [6.45, 7) is 0. The molecule has 218 valence electrons. The molecule has 41 heavy (non-hydrogen) atoms. The Kier molecular flexibility index (Phi) is 11.1. The molecule has 3 aromatic rings. The molecule has 0 radical (unpaired) electrons. The monoisotopic (exact) mass is 567 g/mol. The Balaban J connectivity index is 1.78. The molecule has 4 amide bonds. The number of rotatable bonds is 16. The third kappa shape index (κ3) is 9.89. The van der Waals surface area contributed by atoms with Crippen LogP contribution in [0, 0.1) is 0 Å². The van der Waals surface area contributed by atoms with Gasteiger partial charge in [0, 0.05) is 49.5 Å². The number of nitrogens with one attached hydrogen (secondary N) is 5. The normalized spacial score (nSPS) is 13.8. The summed E-state index contributed by atoms with van der Waals surface area (Å²) in [5.41, 5.74) is 13.0. The molecular formula is C26H33N9O6. The zero-order valence-corrected chi connectivity index (χ0v) is 22.1. The Hall–Kier alpha value is -5.05. The molecular weight excluding hydrogens is 534 g/mol. The van der Waals surface area contributed by atoms with Crippen molar-refractivity contribution in [2.75, 3.05) is 0 Å². The van der Waals surface area contributed by atoms with E-state index in [1.807, 2.05) is 0 Å². The number of carbonyl (C=O) groups excluding carboxylic acids is 4. The highest BCUT2D eigenvalue weighted by molar-refractivity contribution is 5.94. The minimum absolute atomic E-state index is 0.00435. The maximum absolute atomic E-state index is 13.5. The van der Waals surface area contributed by atoms with Gasteiger partial charge in [0.2, 0.25) is 23.6 Å². The lowest BCUT2D eigenvalue weighted by Crippen LogP contribution is -2.58. The standard InChI is InChI=1S/C26H33N9O6/c27-18(9-16-11-29-13-31-16)23(37)34-21(10-17-12-30-14-32-17)25(39)35-20(8-15-4-2-1-3-5-15)24(38)33-19(26(40)41)6-7-22(28)36/h1-5,11-14,18-21H,6-10,27H2,(H2,28,36)(H,29,31)(H,30,32)(H,33,38)(H,34,37)(H,35,39)(H,40,41). The van der Waals surface area contributed by atoms with E-state index in [1.165, 1.54) is 25.0 Å². The highest BCUT2D eigenvalue weighted by Crippen LogP contribution is 2.08. The number of aromatic amines is 2. The molecule has 4 atom stereocenters. The first kappa shape index (κ1) is 30.5. The highest BCUT2D eigenvalue weighted by atomic mass is 16.4. The van der Waals surface area contributed by atoms with Crippen LogP contribution < -0.4 is 27.4 Å². The number of carboxylic acids is 1. The molecule has 0 fully saturated rings. The van der Waals surface area contributed by atoms with E-state index in [-0.39, 0.29) is 32.1 Å². The van der Waals surface area contributed by atoms with Gasteiger partial charge in [-0.25, -0.2) is 14.8 Å². The number of nitrogens with two attached hydrogens (primary N) is 2. The summed E-state index contributed by atoms with van der Waals surface area (Å²) in [4.78, 5) is 76.1. The zero-order chi connectivity index (χ0) is 29.8. The molecule has 0 spiro atoms. The Morgan fingerprint density at radius 3 is 1.85 bits per heavy atom. The lowest BCUT2D eigenvalue weighted by Gasteiger charge is -2.25. The molecule has 0 saturated heterocycles. The molecule has 0 bridgehead atoms. The number of imidazole rings is 2. The van der Waals surface area contributed by atoms with Gasteiger partial charge in [0.25, 0.3) is 0 Å². The Labute approximate surface area is 234 Å². The Bertz CT molecular complexity index is 1300. The molecule has 10 N–H and O–H groups in total. The van der Waals surface area contributed by atoms with Crippen LogP contribution in [-0.2, 0) is 43.2 Å². The van der Waals surface area contributed by atoms with Crippen LogP contribution in [0.5, 0.6) is 0 Å². The van der Waals surface area contributed by atoms with Gasteiger partial charge >= 0.3 is 5.97 Å². The molecule has 0 aliphatic rings. The van der Waals surface area contributed by atoms with Crippen molar-refractivity contribution in [3.8, 4) is 0 Å². The van der Waals surface area contributed by atoms with Gasteiger partial charge in [-0.15, -0.1) is 0 Å². The second-order valence-corrected chi connectivity index (χ2v) is 9.38. The number of nitrogens with zero attached hydrogens (tertiary/aromatic N) is 2. The summed E-state index contributed by atoms with van der Waals surface area (Å²) in [6, 6.07) is 3.97. The smallest absolute Gasteiger partial charge is 0.326 e. The number of amides is 4. The van der Waals surface area contributed by atoms with Crippen molar-refractivity contribution in [1.82, 2.24) is 35.9 Å². The fourth-order valence-corrected chi connectivity index (χ4v) is 3.98. The molecule has 4 unspecified atom stereocenters. The number of hydrogen-bond donors (Lipinski definition) is 8. The molecule has 0 saturated carbocycles. The minimum Gasteiger partial charge on any atom is -0.480 e. The van der Waals surface area contributed by atoms with Gasteiger partial charge in [-0.05, 0) is 12.0 Å². The first-order valence-electron chi connectivity index (χ1n) is 12.8. The fourth-order valence-electron chi connectivity index (χ4n) is 3.98. The molecule has 1 aromatic carbocycles. The van der Waals surface area contributed by atoms with Crippen molar-refractivity contribution in [2.45, 2.75) is 56.3 Å². The fraction of sp³-hybridized carbons (Fsp3) is 0.346. The van der Waals surface area contributed by atoms with Crippen molar-refractivity contribution in [3.05, 3.63) is 72.3 Å². The maximum atomic E-state index is 13.5. The molecule has 0 aliphatic carbocycles. The van der Waals surface area contributed by atoms with Gasteiger partial charge in [0.05, 0.1) is 18.7 Å². The molecule has 2 aromatic heterocycles. The minimum atomic E-state index is -1.41. The van der Waals surface area contributed by atoms with Crippen LogP contribution in [0.15, 0.2) is 55.4 Å². The number of primary amides is 1. The zero-order valence-electron chi connectivity index (χ0n) is 22.1. The predicted octanol–water partition coefficient (Wildman–Crippen LogP) is -1.71. The summed E-state index contributed by atoms with van der Waals surface area (Å²) in [5.74, 6) is -4.19. The number of benzene rings is 1. The Morgan fingerprint density at radius 2 is 1.32 bits per heavy atom. The second kappa shape index (κ2) is 14.9. The van der Waals surface area contributed by atoms with E-state index >= 15 is 0 Å². The van der Waals surface area contributed by atoms with Crippen LogP contribution in [0.2, 0.25) is 0 Å². The van der Waals surface area contributed by atoms with E-state index in [4.69, 9.17) is 11.5 Å². The van der Waals surface area contributed by atoms with Crippen molar-refractivity contribution < 1.29 is 29.1 Å². The molecule has 0 aliphatic heterocycles. The molecule has 15 heteroatoms. The average molecular weight is 568 g/mol. The number of H-pyrrole nitrogens is 2. The van der Waals surface area contributed by atoms with E-state index in [1.54, 1.807) is 30.3 Å². The average Bonchev–Trinajstić information content (AvgIpc) is 3.65. The predicted molar refractivity (Wildman–Crippen MR) is 145 cm³/mol. The number of carboxylic acid groups (broad SMARTS) is 1. The van der Waals surface area contributed by atoms with E-state index in [0.29, 0.717) is 17.0 Å². The summed E-state index contributed by atoms with van der Waals surface area (Å²) in [7, 11) is 0. The van der Waals surface area contributed by atoms with Crippen molar-refractivity contribution in [1.29, 1.82) is 0 Å². The van der Waals surface area contributed by atoms with E-state index in [0.717, 1.165) is 0 Å². The number of aliphatic carboxylic acids is 1. The number of aromatic nitrogens is 4. The number of hydrogen-bond acceptors (Lipinski definition) is 8. The van der Waals surface area contributed by atoms with Crippen molar-refractivity contribution in [2.24, 2.45) is 11.5 Å². The summed E-state index contributed by atoms with van der Waals surface area (Å²) in [5, 5.41) is 17.2. The lowest BCUT2D eigenvalue weighted by molar-refractivity contribution is -0.142. The molecule has 2 heterocycles. The topological polar surface area (TPSA) is 251 Å². The van der Waals surface area contributed by atoms with Crippen LogP contribution in [-0.4, -0.2) is 78.8 Å². The van der Waals surface area contributed by atoms with Gasteiger partial charge < -0.3 is 42.5 Å². The van der Waals surface area contributed by atoms with E-state index in [9.17, 15) is 29.1 Å². The van der Waals surface area contributed by atoms with E-state index in [2.05, 4.69) is 35.9 Å². The van der Waals surface area contributed by atoms with Gasteiger partial charge in [-0.2, -0.15) is 0 Å². The van der Waals surface area contributed by atoms with Gasteiger partial charge in [0.1, 0.15) is 18.1 Å². The van der Waals surface area contributed by atoms with Gasteiger partial charge in [0.15, 0.2) is 0 Å². The maximum Gasteiger partial charge on any atom is 0.326 e. The van der Waals surface area contributed by atoms with Crippen LogP contribution in [0.4, 0.5) is 0 Å². The first-order valence-corrected chi connectivity index (χ1v) is 12.8. The largest absolute Gasteiger partial charge is 0.480 e. The Morgan fingerprint density at radius 1 is 0.780 bits per heavy atom. The quantitative estimate of drug-likeness (QED) is 0.0979.